The van der Waals surface area contributed by atoms with Crippen molar-refractivity contribution in [3.63, 3.8) is 0 Å². The Kier molecular flexibility index (Phi) is 10.1. The summed E-state index contributed by atoms with van der Waals surface area (Å²) in [5.74, 6) is 4.28. The van der Waals surface area contributed by atoms with E-state index >= 15 is 0 Å². The summed E-state index contributed by atoms with van der Waals surface area (Å²) < 4.78 is 0. The Morgan fingerprint density at radius 2 is 0.753 bits per heavy atom. The number of carboxylic acid groups (broad SMARTS) is 3. The third-order valence-electron chi connectivity index (χ3n) is 17.5. The number of benzene rings is 9. The molecule has 3 N–H and O–H groups in total. The normalized spacial score (nSPS) is 22.5. The highest BCUT2D eigenvalue weighted by atomic mass is 16.4. The van der Waals surface area contributed by atoms with Crippen LogP contribution in [0.25, 0.3) is 43.1 Å². The van der Waals surface area contributed by atoms with E-state index in [0.717, 1.165) is 71.7 Å². The molecule has 0 aromatic heterocycles. The van der Waals surface area contributed by atoms with Gasteiger partial charge in [-0.3, -0.25) is 0 Å². The lowest BCUT2D eigenvalue weighted by atomic mass is 9.32. The van der Waals surface area contributed by atoms with Crippen LogP contribution in [0.4, 0.5) is 0 Å². The van der Waals surface area contributed by atoms with E-state index in [2.05, 4.69) is 132 Å². The largest absolute Gasteiger partial charge is 0.478 e. The van der Waals surface area contributed by atoms with Crippen LogP contribution in [0.3, 0.4) is 0 Å². The molecule has 362 valence electrons. The zero-order chi connectivity index (χ0) is 51.0. The Labute approximate surface area is 426 Å². The van der Waals surface area contributed by atoms with E-state index in [4.69, 9.17) is 0 Å². The first kappa shape index (κ1) is 46.3. The zero-order valence-corrected chi connectivity index (χ0v) is 42.2. The second-order valence-corrected chi connectivity index (χ2v) is 24.2. The molecule has 0 aliphatic heterocycles. The fraction of sp³-hybridized carbons (Fsp3) is 0.269. The van der Waals surface area contributed by atoms with Gasteiger partial charge in [-0.2, -0.15) is 0 Å². The van der Waals surface area contributed by atoms with Crippen LogP contribution in [0.1, 0.15) is 156 Å². The van der Waals surface area contributed by atoms with Gasteiger partial charge in [0.2, 0.25) is 0 Å². The fourth-order valence-electron chi connectivity index (χ4n) is 14.6. The Balaban J connectivity index is 0.989. The monoisotopic (exact) mass is 958 g/mol. The molecule has 0 radical (unpaired) electrons. The SMILES string of the molecule is CC(C)(C)c1cc2cc(C(C)(C)C)cc3c4ccc(C#Cc5ccc(C67CC8(c9ccc(C(=O)O)cc9)CC(c9ccc(C(=O)O)cc9)(C6)CC(c6ccc(C(=O)O)cc6)(C7)C8)cc5)c5cccc(c(c1)c23)c54. The van der Waals surface area contributed by atoms with E-state index in [1.807, 2.05) is 36.4 Å². The average molecular weight is 959 g/mol. The molecule has 6 nitrogen and oxygen atoms in total. The van der Waals surface area contributed by atoms with Crippen LogP contribution in [0.2, 0.25) is 0 Å². The molecule has 4 bridgehead atoms. The van der Waals surface area contributed by atoms with E-state index < -0.39 is 17.9 Å². The van der Waals surface area contributed by atoms with Crippen molar-refractivity contribution < 1.29 is 29.7 Å². The van der Waals surface area contributed by atoms with Crippen LogP contribution in [-0.4, -0.2) is 33.2 Å². The Morgan fingerprint density at radius 3 is 1.12 bits per heavy atom. The predicted molar refractivity (Wildman–Crippen MR) is 292 cm³/mol. The van der Waals surface area contributed by atoms with Crippen LogP contribution in [0, 0.1) is 11.8 Å². The van der Waals surface area contributed by atoms with Crippen molar-refractivity contribution in [2.75, 3.05) is 0 Å². The van der Waals surface area contributed by atoms with Gasteiger partial charge in [-0.15, -0.1) is 0 Å². The number of aromatic carboxylic acids is 3. The molecule has 0 heterocycles. The summed E-state index contributed by atoms with van der Waals surface area (Å²) >= 11 is 0. The van der Waals surface area contributed by atoms with Gasteiger partial charge in [0.05, 0.1) is 16.7 Å². The van der Waals surface area contributed by atoms with Crippen molar-refractivity contribution in [1.29, 1.82) is 0 Å². The standard InChI is InChI=1S/C67H58O6/c1-62(2,3)50-30-45-31-51(63(4,5)6)33-56-54-29-20-41(52-8-7-9-53(58(52)54)55(32-50)57(45)56)13-10-40-11-21-46(22-12-40)64-34-65(47-23-14-42(15-24-47)59(68)69)37-66(35-64,48-25-16-43(17-26-48)60(70)71)39-67(36-64,38-65)49-27-18-44(19-28-49)61(72)73/h7-9,11-12,14-33H,34-39H2,1-6H3,(H,68,69)(H,70,71)(H,72,73). The maximum atomic E-state index is 12.1. The lowest BCUT2D eigenvalue weighted by Crippen LogP contribution is -2.67. The molecule has 6 heteroatoms. The van der Waals surface area contributed by atoms with Crippen molar-refractivity contribution >= 4 is 61.0 Å². The summed E-state index contributed by atoms with van der Waals surface area (Å²) in [6.45, 7) is 13.7. The van der Waals surface area contributed by atoms with Gasteiger partial charge in [-0.25, -0.2) is 14.4 Å². The average Bonchev–Trinajstić information content (AvgIpc) is 3.36. The number of hydrogen-bond donors (Lipinski definition) is 3. The first-order valence-electron chi connectivity index (χ1n) is 25.5. The number of carboxylic acids is 3. The van der Waals surface area contributed by atoms with Crippen molar-refractivity contribution in [3.05, 3.63) is 213 Å². The minimum atomic E-state index is -0.973. The molecule has 0 spiro atoms. The van der Waals surface area contributed by atoms with Crippen molar-refractivity contribution in [3.8, 4) is 11.8 Å². The first-order chi connectivity index (χ1) is 34.7. The van der Waals surface area contributed by atoms with Gasteiger partial charge in [0, 0.05) is 11.1 Å². The molecule has 9 aromatic carbocycles. The Hall–Kier alpha value is -7.75. The number of hydrogen-bond acceptors (Lipinski definition) is 3. The van der Waals surface area contributed by atoms with E-state index in [1.54, 1.807) is 36.4 Å². The van der Waals surface area contributed by atoms with Gasteiger partial charge in [0.25, 0.3) is 0 Å². The van der Waals surface area contributed by atoms with Crippen LogP contribution >= 0.6 is 0 Å². The van der Waals surface area contributed by atoms with Gasteiger partial charge >= 0.3 is 17.9 Å². The highest BCUT2D eigenvalue weighted by Crippen LogP contribution is 2.75. The summed E-state index contributed by atoms with van der Waals surface area (Å²) in [6.07, 6.45) is 4.95. The molecule has 9 aromatic rings. The maximum absolute atomic E-state index is 12.1. The van der Waals surface area contributed by atoms with Gasteiger partial charge in [-0.05, 0) is 214 Å². The number of rotatable bonds is 7. The molecule has 13 rings (SSSR count). The number of fused-ring (bicyclic) bond motifs is 2. The van der Waals surface area contributed by atoms with Gasteiger partial charge in [0.15, 0.2) is 0 Å². The molecule has 4 fully saturated rings. The molecule has 0 saturated heterocycles. The van der Waals surface area contributed by atoms with Crippen LogP contribution in [0.5, 0.6) is 0 Å². The van der Waals surface area contributed by atoms with Crippen LogP contribution in [-0.2, 0) is 32.5 Å². The molecular formula is C67H58O6. The number of carbonyl (C=O) groups is 3. The maximum Gasteiger partial charge on any atom is 0.335 e. The van der Waals surface area contributed by atoms with E-state index in [9.17, 15) is 29.7 Å². The minimum absolute atomic E-state index is 0.0269. The fourth-order valence-corrected chi connectivity index (χ4v) is 14.6. The van der Waals surface area contributed by atoms with E-state index in [1.165, 1.54) is 54.4 Å². The minimum Gasteiger partial charge on any atom is -0.478 e. The predicted octanol–water partition coefficient (Wildman–Crippen LogP) is 15.3. The smallest absolute Gasteiger partial charge is 0.335 e. The lowest BCUT2D eigenvalue weighted by Gasteiger charge is -2.71. The third kappa shape index (κ3) is 7.33. The van der Waals surface area contributed by atoms with Gasteiger partial charge in [-0.1, -0.05) is 138 Å². The molecule has 4 aliphatic rings. The summed E-state index contributed by atoms with van der Waals surface area (Å²) in [5, 5.41) is 39.8. The molecule has 4 saturated carbocycles. The van der Waals surface area contributed by atoms with Crippen molar-refractivity contribution in [1.82, 2.24) is 0 Å². The summed E-state index contributed by atoms with van der Waals surface area (Å²) in [4.78, 5) is 36.4. The lowest BCUT2D eigenvalue weighted by molar-refractivity contribution is -0.0692. The summed E-state index contributed by atoms with van der Waals surface area (Å²) in [7, 11) is 0. The zero-order valence-electron chi connectivity index (χ0n) is 42.2. The van der Waals surface area contributed by atoms with Gasteiger partial charge < -0.3 is 15.3 Å². The summed E-state index contributed by atoms with van der Waals surface area (Å²) in [6, 6.07) is 51.9. The first-order valence-corrected chi connectivity index (χ1v) is 25.5. The second-order valence-electron chi connectivity index (χ2n) is 24.2. The van der Waals surface area contributed by atoms with E-state index in [0.29, 0.717) is 0 Å². The third-order valence-corrected chi connectivity index (χ3v) is 17.5. The topological polar surface area (TPSA) is 112 Å². The second kappa shape index (κ2) is 15.9. The Bertz CT molecular complexity index is 3580. The van der Waals surface area contributed by atoms with Crippen molar-refractivity contribution in [2.24, 2.45) is 0 Å². The van der Waals surface area contributed by atoms with Crippen molar-refractivity contribution in [2.45, 2.75) is 113 Å². The van der Waals surface area contributed by atoms with Gasteiger partial charge in [0.1, 0.15) is 0 Å². The molecule has 0 amide bonds. The molecule has 0 atom stereocenters. The molecule has 73 heavy (non-hydrogen) atoms. The molecule has 0 unspecified atom stereocenters. The van der Waals surface area contributed by atoms with Crippen LogP contribution in [0.15, 0.2) is 152 Å². The van der Waals surface area contributed by atoms with Crippen LogP contribution < -0.4 is 0 Å². The summed E-state index contributed by atoms with van der Waals surface area (Å²) in [5.41, 5.74) is 8.15. The molecule has 4 aliphatic carbocycles. The van der Waals surface area contributed by atoms with E-state index in [-0.39, 0.29) is 49.2 Å². The molecular weight excluding hydrogens is 901 g/mol. The highest BCUT2D eigenvalue weighted by molar-refractivity contribution is 6.33. The highest BCUT2D eigenvalue weighted by Gasteiger charge is 2.69. The quantitative estimate of drug-likeness (QED) is 0.0833. The Morgan fingerprint density at radius 1 is 0.397 bits per heavy atom.